The van der Waals surface area contributed by atoms with Gasteiger partial charge in [-0.05, 0) is 60.6 Å². The summed E-state index contributed by atoms with van der Waals surface area (Å²) >= 11 is 3.59. The molecular weight excluding hydrogens is 312 g/mol. The van der Waals surface area contributed by atoms with Gasteiger partial charge in [0.1, 0.15) is 0 Å². The van der Waals surface area contributed by atoms with Crippen molar-refractivity contribution in [3.63, 3.8) is 0 Å². The molecule has 2 N–H and O–H groups in total. The number of fused-ring (bicyclic) bond motifs is 1. The summed E-state index contributed by atoms with van der Waals surface area (Å²) in [4.78, 5) is 0. The summed E-state index contributed by atoms with van der Waals surface area (Å²) in [6.45, 7) is 6.73. The molecule has 1 aromatic heterocycles. The molecule has 0 amide bonds. The molecule has 0 aliphatic heterocycles. The highest BCUT2D eigenvalue weighted by atomic mass is 79.9. The molecule has 2 aromatic rings. The van der Waals surface area contributed by atoms with E-state index in [4.69, 9.17) is 5.73 Å². The van der Waals surface area contributed by atoms with E-state index in [0.29, 0.717) is 0 Å². The quantitative estimate of drug-likeness (QED) is 0.817. The molecule has 106 valence electrons. The fraction of sp³-hybridized carbons (Fsp3) is 0.412. The number of aromatic nitrogens is 1. The van der Waals surface area contributed by atoms with Gasteiger partial charge in [0, 0.05) is 28.1 Å². The molecule has 0 bridgehead atoms. The summed E-state index contributed by atoms with van der Waals surface area (Å²) in [5.74, 6) is 0. The van der Waals surface area contributed by atoms with Crippen LogP contribution in [0.5, 0.6) is 0 Å². The first-order valence-corrected chi connectivity index (χ1v) is 7.88. The maximum Gasteiger partial charge on any atom is 0.0466 e. The van der Waals surface area contributed by atoms with Gasteiger partial charge in [-0.25, -0.2) is 0 Å². The van der Waals surface area contributed by atoms with Crippen LogP contribution in [-0.4, -0.2) is 4.57 Å². The van der Waals surface area contributed by atoms with Crippen molar-refractivity contribution < 1.29 is 0 Å². The van der Waals surface area contributed by atoms with Gasteiger partial charge in [0.2, 0.25) is 0 Å². The Morgan fingerprint density at radius 2 is 2.05 bits per heavy atom. The van der Waals surface area contributed by atoms with E-state index < -0.39 is 0 Å². The smallest absolute Gasteiger partial charge is 0.0466 e. The summed E-state index contributed by atoms with van der Waals surface area (Å²) in [5.41, 5.74) is 11.8. The number of nitrogens with two attached hydrogens (primary N) is 1. The predicted molar refractivity (Wildman–Crippen MR) is 87.2 cm³/mol. The molecule has 0 fully saturated rings. The topological polar surface area (TPSA) is 30.9 Å². The Kier molecular flexibility index (Phi) is 3.30. The number of benzene rings is 1. The van der Waals surface area contributed by atoms with Crippen LogP contribution in [0, 0.1) is 12.3 Å². The summed E-state index contributed by atoms with van der Waals surface area (Å²) in [5, 5.41) is 0. The first kappa shape index (κ1) is 13.9. The highest BCUT2D eigenvalue weighted by Crippen LogP contribution is 2.40. The van der Waals surface area contributed by atoms with Crippen LogP contribution in [0.15, 0.2) is 34.9 Å². The lowest BCUT2D eigenvalue weighted by molar-refractivity contribution is 0.278. The SMILES string of the molecule is Cc1cc(Br)cc(-n2ccc3c2CC(C)(C)CC3N)c1. The minimum Gasteiger partial charge on any atom is -0.324 e. The number of rotatable bonds is 1. The lowest BCUT2D eigenvalue weighted by Crippen LogP contribution is -2.30. The molecule has 0 saturated carbocycles. The molecule has 1 aromatic carbocycles. The molecule has 1 heterocycles. The number of hydrogen-bond acceptors (Lipinski definition) is 1. The van der Waals surface area contributed by atoms with Crippen LogP contribution in [0.1, 0.15) is 43.1 Å². The van der Waals surface area contributed by atoms with Gasteiger partial charge in [0.25, 0.3) is 0 Å². The first-order chi connectivity index (χ1) is 9.35. The van der Waals surface area contributed by atoms with Gasteiger partial charge in [-0.2, -0.15) is 0 Å². The van der Waals surface area contributed by atoms with Crippen molar-refractivity contribution in [2.45, 2.75) is 39.7 Å². The molecule has 2 nitrogen and oxygen atoms in total. The molecule has 0 saturated heterocycles. The highest BCUT2D eigenvalue weighted by molar-refractivity contribution is 9.10. The van der Waals surface area contributed by atoms with Crippen LogP contribution < -0.4 is 5.73 Å². The highest BCUT2D eigenvalue weighted by Gasteiger charge is 2.32. The zero-order valence-corrected chi connectivity index (χ0v) is 13.9. The van der Waals surface area contributed by atoms with Crippen molar-refractivity contribution in [2.75, 3.05) is 0 Å². The van der Waals surface area contributed by atoms with Gasteiger partial charge in [-0.1, -0.05) is 29.8 Å². The number of nitrogens with zero attached hydrogens (tertiary/aromatic N) is 1. The summed E-state index contributed by atoms with van der Waals surface area (Å²) in [6.07, 6.45) is 4.29. The van der Waals surface area contributed by atoms with Gasteiger partial charge in [-0.15, -0.1) is 0 Å². The first-order valence-electron chi connectivity index (χ1n) is 7.09. The van der Waals surface area contributed by atoms with Gasteiger partial charge >= 0.3 is 0 Å². The third kappa shape index (κ3) is 2.45. The fourth-order valence-electron chi connectivity index (χ4n) is 3.33. The van der Waals surface area contributed by atoms with E-state index in [-0.39, 0.29) is 11.5 Å². The van der Waals surface area contributed by atoms with Gasteiger partial charge in [-0.3, -0.25) is 0 Å². The van der Waals surface area contributed by atoms with Crippen molar-refractivity contribution >= 4 is 15.9 Å². The van der Waals surface area contributed by atoms with E-state index in [2.05, 4.69) is 71.7 Å². The van der Waals surface area contributed by atoms with Crippen molar-refractivity contribution in [3.05, 3.63) is 51.8 Å². The number of aryl methyl sites for hydroxylation is 1. The summed E-state index contributed by atoms with van der Waals surface area (Å²) in [7, 11) is 0. The van der Waals surface area contributed by atoms with Crippen LogP contribution in [0.3, 0.4) is 0 Å². The standard InChI is InChI=1S/C17H21BrN2/c1-11-6-12(18)8-13(7-11)20-5-4-14-15(19)9-17(2,3)10-16(14)20/h4-8,15H,9-10,19H2,1-3H3. The number of halogens is 1. The summed E-state index contributed by atoms with van der Waals surface area (Å²) < 4.78 is 3.42. The lowest BCUT2D eigenvalue weighted by atomic mass is 9.74. The number of hydrogen-bond donors (Lipinski definition) is 1. The monoisotopic (exact) mass is 332 g/mol. The van der Waals surface area contributed by atoms with E-state index in [1.165, 1.54) is 22.5 Å². The second kappa shape index (κ2) is 4.74. The molecule has 20 heavy (non-hydrogen) atoms. The molecule has 1 unspecified atom stereocenters. The Morgan fingerprint density at radius 1 is 1.30 bits per heavy atom. The van der Waals surface area contributed by atoms with E-state index >= 15 is 0 Å². The maximum absolute atomic E-state index is 6.35. The van der Waals surface area contributed by atoms with Crippen LogP contribution >= 0.6 is 15.9 Å². The molecular formula is C17H21BrN2. The molecule has 1 aliphatic carbocycles. The molecule has 3 rings (SSSR count). The molecule has 0 radical (unpaired) electrons. The Morgan fingerprint density at radius 3 is 2.75 bits per heavy atom. The van der Waals surface area contributed by atoms with Crippen molar-refractivity contribution in [3.8, 4) is 5.69 Å². The molecule has 3 heteroatoms. The lowest BCUT2D eigenvalue weighted by Gasteiger charge is -2.34. The third-order valence-corrected chi connectivity index (χ3v) is 4.61. The predicted octanol–water partition coefficient (Wildman–Crippen LogP) is 4.52. The van der Waals surface area contributed by atoms with E-state index in [1.54, 1.807) is 0 Å². The largest absolute Gasteiger partial charge is 0.324 e. The van der Waals surface area contributed by atoms with Crippen LogP contribution in [-0.2, 0) is 6.42 Å². The Labute approximate surface area is 129 Å². The average molecular weight is 333 g/mol. The van der Waals surface area contributed by atoms with Crippen molar-refractivity contribution in [2.24, 2.45) is 11.1 Å². The Bertz CT molecular complexity index is 635. The second-order valence-electron chi connectivity index (χ2n) is 6.73. The normalized spacial score (nSPS) is 20.8. The zero-order valence-electron chi connectivity index (χ0n) is 12.3. The van der Waals surface area contributed by atoms with E-state index in [0.717, 1.165) is 17.3 Å². The van der Waals surface area contributed by atoms with Crippen LogP contribution in [0.25, 0.3) is 5.69 Å². The Hall–Kier alpha value is -1.06. The van der Waals surface area contributed by atoms with Gasteiger partial charge < -0.3 is 10.3 Å². The van der Waals surface area contributed by atoms with Crippen molar-refractivity contribution in [1.82, 2.24) is 4.57 Å². The summed E-state index contributed by atoms with van der Waals surface area (Å²) in [6, 6.07) is 8.86. The van der Waals surface area contributed by atoms with Gasteiger partial charge in [0.15, 0.2) is 0 Å². The van der Waals surface area contributed by atoms with Crippen molar-refractivity contribution in [1.29, 1.82) is 0 Å². The molecule has 0 spiro atoms. The molecule has 1 aliphatic rings. The zero-order chi connectivity index (χ0) is 14.5. The fourth-order valence-corrected chi connectivity index (χ4v) is 3.93. The third-order valence-electron chi connectivity index (χ3n) is 4.15. The molecule has 1 atom stereocenters. The minimum absolute atomic E-state index is 0.156. The second-order valence-corrected chi connectivity index (χ2v) is 7.64. The maximum atomic E-state index is 6.35. The average Bonchev–Trinajstić information content (AvgIpc) is 2.69. The van der Waals surface area contributed by atoms with E-state index in [9.17, 15) is 0 Å². The van der Waals surface area contributed by atoms with Crippen LogP contribution in [0.2, 0.25) is 0 Å². The van der Waals surface area contributed by atoms with Crippen LogP contribution in [0.4, 0.5) is 0 Å². The van der Waals surface area contributed by atoms with E-state index in [1.807, 2.05) is 0 Å². The minimum atomic E-state index is 0.156. The Balaban J connectivity index is 2.13. The van der Waals surface area contributed by atoms with Gasteiger partial charge in [0.05, 0.1) is 0 Å².